The van der Waals surface area contributed by atoms with Crippen molar-refractivity contribution in [1.29, 1.82) is 0 Å². The fraction of sp³-hybridized carbons (Fsp3) is 0.308. The number of hydrogen-bond acceptors (Lipinski definition) is 0. The molecule has 1 atom stereocenters. The third-order valence-electron chi connectivity index (χ3n) is 2.28. The summed E-state index contributed by atoms with van der Waals surface area (Å²) in [6, 6.07) is 6.62. The van der Waals surface area contributed by atoms with Crippen molar-refractivity contribution >= 4 is 0 Å². The minimum atomic E-state index is 0.213. The van der Waals surface area contributed by atoms with Crippen LogP contribution in [-0.4, -0.2) is 0 Å². The fourth-order valence-electron chi connectivity index (χ4n) is 1.45. The van der Waals surface area contributed by atoms with Gasteiger partial charge in [-0.3, -0.25) is 0 Å². The molecular weight excluding hydrogens is 156 g/mol. The molecule has 0 heteroatoms. The molecule has 1 radical (unpaired) electrons. The first-order chi connectivity index (χ1) is 6.17. The zero-order valence-electron chi connectivity index (χ0n) is 8.51. The Morgan fingerprint density at radius 2 is 2.08 bits per heavy atom. The molecule has 13 heavy (non-hydrogen) atoms. The van der Waals surface area contributed by atoms with Crippen LogP contribution in [0.2, 0.25) is 0 Å². The van der Waals surface area contributed by atoms with E-state index >= 15 is 0 Å². The van der Waals surface area contributed by atoms with Gasteiger partial charge in [-0.1, -0.05) is 36.8 Å². The van der Waals surface area contributed by atoms with E-state index in [4.69, 9.17) is 0 Å². The smallest absolute Gasteiger partial charge is 0.00158 e. The van der Waals surface area contributed by atoms with Gasteiger partial charge < -0.3 is 0 Å². The Morgan fingerprint density at radius 1 is 1.38 bits per heavy atom. The molecule has 0 nitrogen and oxygen atoms in total. The summed E-state index contributed by atoms with van der Waals surface area (Å²) in [5.74, 6) is 0.213. The molecule has 0 fully saturated rings. The summed E-state index contributed by atoms with van der Waals surface area (Å²) in [5.41, 5.74) is 3.96. The summed E-state index contributed by atoms with van der Waals surface area (Å²) in [4.78, 5) is 0. The maximum Gasteiger partial charge on any atom is 0.00158 e. The molecule has 0 saturated heterocycles. The first-order valence-electron chi connectivity index (χ1n) is 4.73. The van der Waals surface area contributed by atoms with Gasteiger partial charge in [0.15, 0.2) is 0 Å². The summed E-state index contributed by atoms with van der Waals surface area (Å²) >= 11 is 0. The van der Waals surface area contributed by atoms with Gasteiger partial charge in [0, 0.05) is 5.92 Å². The lowest BCUT2D eigenvalue weighted by Crippen LogP contribution is -1.92. The van der Waals surface area contributed by atoms with E-state index in [0.717, 1.165) is 6.42 Å². The van der Waals surface area contributed by atoms with Crippen molar-refractivity contribution in [1.82, 2.24) is 0 Å². The Kier molecular flexibility index (Phi) is 3.30. The Hall–Kier alpha value is -1.04. The van der Waals surface area contributed by atoms with E-state index in [0.29, 0.717) is 0 Å². The lowest BCUT2D eigenvalue weighted by atomic mass is 9.96. The molecule has 0 amide bonds. The molecule has 0 heterocycles. The molecule has 69 valence electrons. The first-order valence-corrected chi connectivity index (χ1v) is 4.73. The lowest BCUT2D eigenvalue weighted by molar-refractivity contribution is 1.04. The van der Waals surface area contributed by atoms with Crippen molar-refractivity contribution in [2.24, 2.45) is 0 Å². The summed E-state index contributed by atoms with van der Waals surface area (Å²) in [7, 11) is 0. The Balaban J connectivity index is 3.07. The van der Waals surface area contributed by atoms with Gasteiger partial charge in [0.25, 0.3) is 0 Å². The molecule has 0 spiro atoms. The normalized spacial score (nSPS) is 12.5. The maximum atomic E-state index is 4.03. The SMILES string of the molecule is [CH2]C(C=C)c1cc(C)cc(CC)c1. The number of benzene rings is 1. The molecule has 0 aliphatic heterocycles. The van der Waals surface area contributed by atoms with Crippen molar-refractivity contribution in [3.8, 4) is 0 Å². The average Bonchev–Trinajstić information content (AvgIpc) is 2.15. The van der Waals surface area contributed by atoms with E-state index in [9.17, 15) is 0 Å². The molecule has 0 aromatic heterocycles. The maximum absolute atomic E-state index is 4.03. The minimum absolute atomic E-state index is 0.213. The van der Waals surface area contributed by atoms with Crippen LogP contribution in [0.25, 0.3) is 0 Å². The van der Waals surface area contributed by atoms with Gasteiger partial charge in [0.2, 0.25) is 0 Å². The van der Waals surface area contributed by atoms with Gasteiger partial charge in [-0.25, -0.2) is 0 Å². The van der Waals surface area contributed by atoms with Crippen LogP contribution < -0.4 is 0 Å². The molecule has 0 N–H and O–H groups in total. The molecule has 1 unspecified atom stereocenters. The second-order valence-corrected chi connectivity index (χ2v) is 3.45. The first kappa shape index (κ1) is 10.0. The Bertz CT molecular complexity index is 297. The number of rotatable bonds is 3. The molecule has 0 bridgehead atoms. The average molecular weight is 173 g/mol. The molecular formula is C13H17. The van der Waals surface area contributed by atoms with Gasteiger partial charge in [-0.2, -0.15) is 0 Å². The van der Waals surface area contributed by atoms with Crippen LogP contribution in [0, 0.1) is 13.8 Å². The number of hydrogen-bond donors (Lipinski definition) is 0. The predicted octanol–water partition coefficient (Wildman–Crippen LogP) is 3.66. The number of aryl methyl sites for hydroxylation is 2. The van der Waals surface area contributed by atoms with Crippen LogP contribution in [0.15, 0.2) is 30.9 Å². The van der Waals surface area contributed by atoms with E-state index in [1.807, 2.05) is 6.08 Å². The Morgan fingerprint density at radius 3 is 2.62 bits per heavy atom. The fourth-order valence-corrected chi connectivity index (χ4v) is 1.45. The van der Waals surface area contributed by atoms with Crippen molar-refractivity contribution in [2.75, 3.05) is 0 Å². The topological polar surface area (TPSA) is 0 Å². The van der Waals surface area contributed by atoms with Crippen LogP contribution in [0.1, 0.15) is 29.5 Å². The summed E-state index contributed by atoms with van der Waals surface area (Å²) in [5, 5.41) is 0. The second-order valence-electron chi connectivity index (χ2n) is 3.45. The van der Waals surface area contributed by atoms with Gasteiger partial charge >= 0.3 is 0 Å². The molecule has 0 aliphatic carbocycles. The van der Waals surface area contributed by atoms with E-state index in [1.165, 1.54) is 16.7 Å². The largest absolute Gasteiger partial charge is 0.102 e. The Labute approximate surface area is 81.3 Å². The highest BCUT2D eigenvalue weighted by Gasteiger charge is 2.02. The van der Waals surface area contributed by atoms with Crippen LogP contribution in [0.3, 0.4) is 0 Å². The molecule has 1 rings (SSSR count). The highest BCUT2D eigenvalue weighted by Crippen LogP contribution is 2.19. The predicted molar refractivity (Wildman–Crippen MR) is 58.9 cm³/mol. The van der Waals surface area contributed by atoms with Gasteiger partial charge in [0.1, 0.15) is 0 Å². The van der Waals surface area contributed by atoms with E-state index in [-0.39, 0.29) is 5.92 Å². The van der Waals surface area contributed by atoms with Crippen molar-refractivity contribution < 1.29 is 0 Å². The van der Waals surface area contributed by atoms with Crippen LogP contribution >= 0.6 is 0 Å². The quantitative estimate of drug-likeness (QED) is 0.612. The zero-order valence-corrected chi connectivity index (χ0v) is 8.51. The standard InChI is InChI=1S/C13H17/c1-5-11(4)13-8-10(3)7-12(6-2)9-13/h5,7-9,11H,1,4,6H2,2-3H3. The van der Waals surface area contributed by atoms with Crippen molar-refractivity contribution in [3.63, 3.8) is 0 Å². The molecule has 1 aromatic carbocycles. The molecule has 1 aromatic rings. The highest BCUT2D eigenvalue weighted by molar-refractivity contribution is 5.34. The van der Waals surface area contributed by atoms with E-state index in [2.05, 4.69) is 45.5 Å². The van der Waals surface area contributed by atoms with Crippen LogP contribution in [0.4, 0.5) is 0 Å². The number of allylic oxidation sites excluding steroid dienone is 1. The third kappa shape index (κ3) is 2.45. The second kappa shape index (κ2) is 4.27. The van der Waals surface area contributed by atoms with E-state index < -0.39 is 0 Å². The lowest BCUT2D eigenvalue weighted by Gasteiger charge is -2.09. The van der Waals surface area contributed by atoms with E-state index in [1.54, 1.807) is 0 Å². The summed E-state index contributed by atoms with van der Waals surface area (Å²) in [6.07, 6.45) is 2.97. The molecule has 0 aliphatic rings. The van der Waals surface area contributed by atoms with Crippen molar-refractivity contribution in [3.05, 3.63) is 54.5 Å². The van der Waals surface area contributed by atoms with Crippen molar-refractivity contribution in [2.45, 2.75) is 26.2 Å². The van der Waals surface area contributed by atoms with Crippen LogP contribution in [0.5, 0.6) is 0 Å². The summed E-state index contributed by atoms with van der Waals surface area (Å²) in [6.45, 7) is 12.1. The monoisotopic (exact) mass is 173 g/mol. The molecule has 0 saturated carbocycles. The van der Waals surface area contributed by atoms with Gasteiger partial charge in [0.05, 0.1) is 0 Å². The van der Waals surface area contributed by atoms with Gasteiger partial charge in [-0.15, -0.1) is 6.58 Å². The highest BCUT2D eigenvalue weighted by atomic mass is 14.1. The minimum Gasteiger partial charge on any atom is -0.102 e. The summed E-state index contributed by atoms with van der Waals surface area (Å²) < 4.78 is 0. The zero-order chi connectivity index (χ0) is 9.84. The third-order valence-corrected chi connectivity index (χ3v) is 2.28. The van der Waals surface area contributed by atoms with Gasteiger partial charge in [-0.05, 0) is 31.4 Å². The van der Waals surface area contributed by atoms with Crippen LogP contribution in [-0.2, 0) is 6.42 Å².